The predicted molar refractivity (Wildman–Crippen MR) is 292 cm³/mol. The molecule has 14 rings (SSSR count). The first-order valence-corrected chi connectivity index (χ1v) is 24.2. The molecule has 0 saturated carbocycles. The fourth-order valence-corrected chi connectivity index (χ4v) is 11.9. The average molecular weight is 892 g/mol. The van der Waals surface area contributed by atoms with E-state index in [0.29, 0.717) is 0 Å². The molecule has 3 nitrogen and oxygen atoms in total. The van der Waals surface area contributed by atoms with E-state index in [0.717, 1.165) is 50.9 Å². The Morgan fingerprint density at radius 2 is 0.743 bits per heavy atom. The highest BCUT2D eigenvalue weighted by Crippen LogP contribution is 2.64. The summed E-state index contributed by atoms with van der Waals surface area (Å²) in [6.45, 7) is 0. The van der Waals surface area contributed by atoms with Gasteiger partial charge in [0.1, 0.15) is 0 Å². The van der Waals surface area contributed by atoms with Crippen molar-refractivity contribution in [1.29, 1.82) is 0 Å². The summed E-state index contributed by atoms with van der Waals surface area (Å²) in [6, 6.07) is 100. The van der Waals surface area contributed by atoms with Crippen LogP contribution in [0.1, 0.15) is 22.3 Å². The lowest BCUT2D eigenvalue weighted by molar-refractivity contribution is 0.793. The Kier molecular flexibility index (Phi) is 9.11. The zero-order chi connectivity index (χ0) is 46.2. The molecule has 0 amide bonds. The standard InChI is InChI=1S/C67H45N3/c1-5-21-46(22-6-1)47-23-19-30-51(43-47)69(65-38-20-34-59-58-33-15-18-37-64(58)70(66(59)65)50-28-11-4-12-29-50)53-40-42-57-55-32-14-17-36-61(55)67(63(57)45-53)60-35-16-13-31-54(60)56-41-39-52(44-62(56)67)68(48-24-7-2-8-25-48)49-26-9-3-10-27-49/h1-45H. The molecule has 1 aromatic heterocycles. The van der Waals surface area contributed by atoms with E-state index in [9.17, 15) is 0 Å². The molecule has 2 aliphatic rings. The van der Waals surface area contributed by atoms with Crippen LogP contribution in [0.2, 0.25) is 0 Å². The Morgan fingerprint density at radius 1 is 0.286 bits per heavy atom. The summed E-state index contributed by atoms with van der Waals surface area (Å²) in [6.07, 6.45) is 0. The third-order valence-corrected chi connectivity index (χ3v) is 14.7. The second-order valence-electron chi connectivity index (χ2n) is 18.4. The van der Waals surface area contributed by atoms with Gasteiger partial charge >= 0.3 is 0 Å². The van der Waals surface area contributed by atoms with Gasteiger partial charge in [-0.25, -0.2) is 0 Å². The van der Waals surface area contributed by atoms with Gasteiger partial charge in [-0.05, 0) is 141 Å². The highest BCUT2D eigenvalue weighted by atomic mass is 15.2. The topological polar surface area (TPSA) is 11.4 Å². The fourth-order valence-electron chi connectivity index (χ4n) is 11.9. The van der Waals surface area contributed by atoms with Crippen LogP contribution < -0.4 is 9.80 Å². The van der Waals surface area contributed by atoms with Crippen molar-refractivity contribution in [3.8, 4) is 39.1 Å². The zero-order valence-corrected chi connectivity index (χ0v) is 38.3. The SMILES string of the molecule is c1ccc(-c2cccc(N(c3ccc4c(c3)C3(c5ccccc5-c5ccc(N(c6ccccc6)c6ccccc6)cc53)c3ccccc3-4)c3cccc4c5ccccc5n(-c5ccccc5)c34)c2)cc1. The molecule has 0 aliphatic heterocycles. The van der Waals surface area contributed by atoms with Crippen molar-refractivity contribution in [2.24, 2.45) is 0 Å². The first-order chi connectivity index (χ1) is 34.8. The number of rotatable bonds is 8. The largest absolute Gasteiger partial charge is 0.310 e. The van der Waals surface area contributed by atoms with Gasteiger partial charge in [0, 0.05) is 44.9 Å². The van der Waals surface area contributed by atoms with Crippen molar-refractivity contribution >= 4 is 55.9 Å². The Hall–Kier alpha value is -9.18. The van der Waals surface area contributed by atoms with Gasteiger partial charge in [0.25, 0.3) is 0 Å². The van der Waals surface area contributed by atoms with Crippen LogP contribution in [0.5, 0.6) is 0 Å². The van der Waals surface area contributed by atoms with Crippen molar-refractivity contribution in [2.45, 2.75) is 5.41 Å². The monoisotopic (exact) mass is 891 g/mol. The normalized spacial score (nSPS) is 14.1. The molecule has 12 aromatic rings. The van der Waals surface area contributed by atoms with Gasteiger partial charge in [-0.1, -0.05) is 188 Å². The molecule has 0 bridgehead atoms. The molecule has 0 saturated heterocycles. The molecular formula is C67H45N3. The molecule has 1 spiro atoms. The molecule has 1 atom stereocenters. The van der Waals surface area contributed by atoms with Crippen LogP contribution in [0.4, 0.5) is 34.1 Å². The number of fused-ring (bicyclic) bond motifs is 13. The molecule has 328 valence electrons. The maximum atomic E-state index is 2.52. The lowest BCUT2D eigenvalue weighted by Gasteiger charge is -2.33. The van der Waals surface area contributed by atoms with E-state index in [-0.39, 0.29) is 0 Å². The van der Waals surface area contributed by atoms with Gasteiger partial charge in [-0.15, -0.1) is 0 Å². The number of hydrogen-bond acceptors (Lipinski definition) is 2. The molecule has 0 N–H and O–H groups in total. The molecule has 3 heteroatoms. The van der Waals surface area contributed by atoms with E-state index in [1.54, 1.807) is 0 Å². The number of anilines is 6. The Labute approximate surface area is 408 Å². The van der Waals surface area contributed by atoms with Crippen molar-refractivity contribution in [2.75, 3.05) is 9.80 Å². The van der Waals surface area contributed by atoms with Crippen molar-refractivity contribution in [3.63, 3.8) is 0 Å². The van der Waals surface area contributed by atoms with Gasteiger partial charge in [0.2, 0.25) is 0 Å². The van der Waals surface area contributed by atoms with Gasteiger partial charge in [0.05, 0.1) is 22.1 Å². The van der Waals surface area contributed by atoms with Crippen LogP contribution in [0.25, 0.3) is 60.9 Å². The minimum Gasteiger partial charge on any atom is -0.310 e. The maximum Gasteiger partial charge on any atom is 0.0782 e. The molecule has 1 heterocycles. The van der Waals surface area contributed by atoms with Crippen LogP contribution in [-0.4, -0.2) is 4.57 Å². The summed E-state index contributed by atoms with van der Waals surface area (Å²) < 4.78 is 2.45. The lowest BCUT2D eigenvalue weighted by Crippen LogP contribution is -2.26. The molecular weight excluding hydrogens is 847 g/mol. The minimum absolute atomic E-state index is 0.606. The predicted octanol–water partition coefficient (Wildman–Crippen LogP) is 17.7. The summed E-state index contributed by atoms with van der Waals surface area (Å²) in [5, 5.41) is 2.43. The maximum absolute atomic E-state index is 2.52. The lowest BCUT2D eigenvalue weighted by atomic mass is 9.70. The first-order valence-electron chi connectivity index (χ1n) is 24.2. The second-order valence-corrected chi connectivity index (χ2v) is 18.4. The van der Waals surface area contributed by atoms with E-state index in [2.05, 4.69) is 287 Å². The first kappa shape index (κ1) is 39.9. The van der Waals surface area contributed by atoms with Gasteiger partial charge in [0.15, 0.2) is 0 Å². The fraction of sp³-hybridized carbons (Fsp3) is 0.0149. The summed E-state index contributed by atoms with van der Waals surface area (Å²) in [5.41, 5.74) is 22.0. The second kappa shape index (κ2) is 16.0. The quantitative estimate of drug-likeness (QED) is 0.151. The van der Waals surface area contributed by atoms with Crippen LogP contribution in [0, 0.1) is 0 Å². The van der Waals surface area contributed by atoms with Gasteiger partial charge < -0.3 is 14.4 Å². The van der Waals surface area contributed by atoms with Crippen molar-refractivity contribution in [1.82, 2.24) is 4.57 Å². The van der Waals surface area contributed by atoms with Gasteiger partial charge in [-0.2, -0.15) is 0 Å². The molecule has 0 fully saturated rings. The molecule has 1 unspecified atom stereocenters. The van der Waals surface area contributed by atoms with E-state index < -0.39 is 5.41 Å². The Morgan fingerprint density at radius 3 is 1.39 bits per heavy atom. The molecule has 0 radical (unpaired) electrons. The van der Waals surface area contributed by atoms with Gasteiger partial charge in [-0.3, -0.25) is 0 Å². The summed E-state index contributed by atoms with van der Waals surface area (Å²) in [4.78, 5) is 4.90. The van der Waals surface area contributed by atoms with Crippen LogP contribution in [0.3, 0.4) is 0 Å². The Balaban J connectivity index is 1.06. The molecule has 11 aromatic carbocycles. The molecule has 2 aliphatic carbocycles. The van der Waals surface area contributed by atoms with E-state index in [4.69, 9.17) is 0 Å². The smallest absolute Gasteiger partial charge is 0.0782 e. The summed E-state index contributed by atoms with van der Waals surface area (Å²) in [5.74, 6) is 0. The third kappa shape index (κ3) is 5.95. The molecule has 70 heavy (non-hydrogen) atoms. The number of hydrogen-bond donors (Lipinski definition) is 0. The van der Waals surface area contributed by atoms with Crippen molar-refractivity contribution < 1.29 is 0 Å². The number of para-hydroxylation sites is 5. The van der Waals surface area contributed by atoms with E-state index >= 15 is 0 Å². The van der Waals surface area contributed by atoms with Crippen LogP contribution in [-0.2, 0) is 5.41 Å². The highest BCUT2D eigenvalue weighted by molar-refractivity contribution is 6.14. The zero-order valence-electron chi connectivity index (χ0n) is 38.3. The van der Waals surface area contributed by atoms with E-state index in [1.165, 1.54) is 66.4 Å². The minimum atomic E-state index is -0.606. The number of benzene rings is 11. The average Bonchev–Trinajstić information content (AvgIpc) is 4.04. The summed E-state index contributed by atoms with van der Waals surface area (Å²) >= 11 is 0. The number of nitrogens with zero attached hydrogens (tertiary/aromatic N) is 3. The third-order valence-electron chi connectivity index (χ3n) is 14.7. The van der Waals surface area contributed by atoms with E-state index in [1.807, 2.05) is 0 Å². The number of aromatic nitrogens is 1. The summed E-state index contributed by atoms with van der Waals surface area (Å²) in [7, 11) is 0. The van der Waals surface area contributed by atoms with Crippen LogP contribution in [0.15, 0.2) is 273 Å². The van der Waals surface area contributed by atoms with Crippen molar-refractivity contribution in [3.05, 3.63) is 295 Å². The Bertz CT molecular complexity index is 3900. The highest BCUT2D eigenvalue weighted by Gasteiger charge is 2.52. The van der Waals surface area contributed by atoms with Crippen LogP contribution >= 0.6 is 0 Å².